The van der Waals surface area contributed by atoms with Crippen molar-refractivity contribution in [1.82, 2.24) is 10.2 Å². The molecule has 4 heteroatoms. The Bertz CT molecular complexity index is 477. The molecule has 0 saturated carbocycles. The van der Waals surface area contributed by atoms with Crippen LogP contribution in [0, 0.1) is 0 Å². The molecule has 2 heterocycles. The number of rotatable bonds is 4. The maximum Gasteiger partial charge on any atom is 0.240 e. The second-order valence-electron chi connectivity index (χ2n) is 6.08. The second-order valence-corrected chi connectivity index (χ2v) is 6.08. The van der Waals surface area contributed by atoms with Crippen LogP contribution in [0.2, 0.25) is 0 Å². The minimum absolute atomic E-state index is 0.0448. The lowest BCUT2D eigenvalue weighted by molar-refractivity contribution is -0.137. The molecule has 1 amide bonds. The first-order valence-electron chi connectivity index (χ1n) is 7.94. The zero-order chi connectivity index (χ0) is 14.7. The van der Waals surface area contributed by atoms with E-state index in [1.807, 2.05) is 23.1 Å². The lowest BCUT2D eigenvalue weighted by Crippen LogP contribution is -2.54. The molecule has 1 aromatic carbocycles. The van der Waals surface area contributed by atoms with Crippen molar-refractivity contribution in [2.45, 2.75) is 50.9 Å². The molecule has 0 spiro atoms. The van der Waals surface area contributed by atoms with Gasteiger partial charge in [-0.3, -0.25) is 4.79 Å². The molecule has 1 N–H and O–H groups in total. The van der Waals surface area contributed by atoms with Gasteiger partial charge in [0.05, 0.1) is 12.1 Å². The first-order chi connectivity index (χ1) is 10.2. The van der Waals surface area contributed by atoms with Crippen molar-refractivity contribution < 1.29 is 9.53 Å². The molecular weight excluding hydrogens is 264 g/mol. The molecule has 0 aromatic heterocycles. The topological polar surface area (TPSA) is 41.6 Å². The van der Waals surface area contributed by atoms with Gasteiger partial charge in [0.15, 0.2) is 0 Å². The lowest BCUT2D eigenvalue weighted by atomic mass is 10.0. The molecular formula is C17H24N2O2. The molecule has 0 bridgehead atoms. The van der Waals surface area contributed by atoms with Gasteiger partial charge in [-0.25, -0.2) is 0 Å². The van der Waals surface area contributed by atoms with E-state index in [-0.39, 0.29) is 18.1 Å². The monoisotopic (exact) mass is 288 g/mol. The molecule has 2 aliphatic rings. The Balaban J connectivity index is 1.60. The van der Waals surface area contributed by atoms with Gasteiger partial charge in [-0.2, -0.15) is 0 Å². The van der Waals surface area contributed by atoms with E-state index in [0.29, 0.717) is 12.6 Å². The van der Waals surface area contributed by atoms with Crippen molar-refractivity contribution in [3.63, 3.8) is 0 Å². The van der Waals surface area contributed by atoms with E-state index in [9.17, 15) is 4.79 Å². The maximum atomic E-state index is 12.6. The summed E-state index contributed by atoms with van der Waals surface area (Å²) < 4.78 is 5.58. The number of carbonyl (C=O) groups is 1. The molecule has 21 heavy (non-hydrogen) atoms. The summed E-state index contributed by atoms with van der Waals surface area (Å²) in [5.74, 6) is 0.240. The van der Waals surface area contributed by atoms with Crippen molar-refractivity contribution in [3.8, 4) is 0 Å². The van der Waals surface area contributed by atoms with Crippen molar-refractivity contribution in [1.29, 1.82) is 0 Å². The van der Waals surface area contributed by atoms with Gasteiger partial charge in [-0.05, 0) is 31.7 Å². The van der Waals surface area contributed by atoms with Gasteiger partial charge in [0.25, 0.3) is 0 Å². The van der Waals surface area contributed by atoms with Gasteiger partial charge in [-0.1, -0.05) is 30.3 Å². The van der Waals surface area contributed by atoms with Gasteiger partial charge in [0, 0.05) is 25.7 Å². The second kappa shape index (κ2) is 6.58. The van der Waals surface area contributed by atoms with Crippen LogP contribution in [0.1, 0.15) is 31.7 Å². The highest BCUT2D eigenvalue weighted by Crippen LogP contribution is 2.19. The Morgan fingerprint density at radius 2 is 2.10 bits per heavy atom. The smallest absolute Gasteiger partial charge is 0.240 e. The van der Waals surface area contributed by atoms with Gasteiger partial charge in [-0.15, -0.1) is 0 Å². The zero-order valence-electron chi connectivity index (χ0n) is 12.6. The van der Waals surface area contributed by atoms with Gasteiger partial charge < -0.3 is 15.0 Å². The summed E-state index contributed by atoms with van der Waals surface area (Å²) >= 11 is 0. The van der Waals surface area contributed by atoms with Crippen LogP contribution in [0.4, 0.5) is 0 Å². The first-order valence-corrected chi connectivity index (χ1v) is 7.94. The van der Waals surface area contributed by atoms with E-state index in [1.54, 1.807) is 0 Å². The summed E-state index contributed by atoms with van der Waals surface area (Å²) in [7, 11) is 0. The highest BCUT2D eigenvalue weighted by Gasteiger charge is 2.33. The van der Waals surface area contributed by atoms with Crippen LogP contribution in [0.15, 0.2) is 30.3 Å². The van der Waals surface area contributed by atoms with E-state index in [2.05, 4.69) is 24.4 Å². The highest BCUT2D eigenvalue weighted by molar-refractivity contribution is 5.82. The Morgan fingerprint density at radius 1 is 1.29 bits per heavy atom. The van der Waals surface area contributed by atoms with Gasteiger partial charge in [0.1, 0.15) is 0 Å². The van der Waals surface area contributed by atoms with E-state index in [4.69, 9.17) is 4.74 Å². The van der Waals surface area contributed by atoms with Gasteiger partial charge >= 0.3 is 0 Å². The Labute approximate surface area is 126 Å². The summed E-state index contributed by atoms with van der Waals surface area (Å²) in [6.07, 6.45) is 3.22. The zero-order valence-corrected chi connectivity index (χ0v) is 12.6. The van der Waals surface area contributed by atoms with Gasteiger partial charge in [0.2, 0.25) is 5.91 Å². The Hall–Kier alpha value is -1.39. The fraction of sp³-hybridized carbons (Fsp3) is 0.588. The van der Waals surface area contributed by atoms with Crippen LogP contribution in [0.25, 0.3) is 0 Å². The number of carbonyl (C=O) groups excluding carboxylic acids is 1. The number of hydrogen-bond donors (Lipinski definition) is 1. The largest absolute Gasteiger partial charge is 0.377 e. The summed E-state index contributed by atoms with van der Waals surface area (Å²) in [5.41, 5.74) is 1.20. The molecule has 0 radical (unpaired) electrons. The highest BCUT2D eigenvalue weighted by atomic mass is 16.5. The number of nitrogens with zero attached hydrogens (tertiary/aromatic N) is 1. The maximum absolute atomic E-state index is 12.6. The predicted octanol–water partition coefficient (Wildman–Crippen LogP) is 1.94. The molecule has 2 fully saturated rings. The summed E-state index contributed by atoms with van der Waals surface area (Å²) in [6, 6.07) is 10.5. The number of nitrogens with one attached hydrogen (secondary N) is 1. The third kappa shape index (κ3) is 3.44. The molecule has 0 unspecified atom stereocenters. The molecule has 114 valence electrons. The molecule has 2 aliphatic heterocycles. The van der Waals surface area contributed by atoms with E-state index < -0.39 is 0 Å². The lowest BCUT2D eigenvalue weighted by Gasteiger charge is -2.34. The summed E-state index contributed by atoms with van der Waals surface area (Å²) in [5, 5.41) is 3.52. The van der Waals surface area contributed by atoms with Crippen LogP contribution in [0.5, 0.6) is 0 Å². The van der Waals surface area contributed by atoms with Crippen LogP contribution in [0.3, 0.4) is 0 Å². The average Bonchev–Trinajstić information content (AvgIpc) is 2.90. The van der Waals surface area contributed by atoms with E-state index >= 15 is 0 Å². The normalized spacial score (nSPS) is 29.9. The average molecular weight is 288 g/mol. The minimum atomic E-state index is -0.0448. The van der Waals surface area contributed by atoms with Crippen molar-refractivity contribution in [2.75, 3.05) is 13.2 Å². The number of hydrogen-bond acceptors (Lipinski definition) is 3. The quantitative estimate of drug-likeness (QED) is 0.920. The van der Waals surface area contributed by atoms with Crippen molar-refractivity contribution in [2.24, 2.45) is 0 Å². The third-order valence-electron chi connectivity index (χ3n) is 4.54. The predicted molar refractivity (Wildman–Crippen MR) is 81.8 cm³/mol. The number of piperidine rings is 1. The molecule has 1 aromatic rings. The number of ether oxygens (including phenoxy) is 1. The third-order valence-corrected chi connectivity index (χ3v) is 4.54. The molecule has 4 nitrogen and oxygen atoms in total. The molecule has 3 atom stereocenters. The standard InChI is InChI=1S/C17H24N2O2/c1-13-15(9-11-21-13)18-16-8-5-10-19(17(16)20)12-14-6-3-2-4-7-14/h2-4,6-7,13,15-16,18H,5,8-12H2,1H3/t13-,15+,16+/m0/s1. The Kier molecular flexibility index (Phi) is 4.56. The summed E-state index contributed by atoms with van der Waals surface area (Å²) in [4.78, 5) is 14.6. The van der Waals surface area contributed by atoms with Crippen LogP contribution in [-0.4, -0.2) is 42.1 Å². The SMILES string of the molecule is C[C@@H]1OCC[C@H]1N[C@@H]1CCCN(Cc2ccccc2)C1=O. The van der Waals surface area contributed by atoms with Crippen LogP contribution < -0.4 is 5.32 Å². The fourth-order valence-electron chi connectivity index (χ4n) is 3.26. The number of amides is 1. The number of benzene rings is 1. The molecule has 0 aliphatic carbocycles. The molecule has 2 saturated heterocycles. The van der Waals surface area contributed by atoms with Crippen molar-refractivity contribution in [3.05, 3.63) is 35.9 Å². The minimum Gasteiger partial charge on any atom is -0.377 e. The Morgan fingerprint density at radius 3 is 2.81 bits per heavy atom. The van der Waals surface area contributed by atoms with Crippen LogP contribution >= 0.6 is 0 Å². The molecule has 3 rings (SSSR count). The van der Waals surface area contributed by atoms with E-state index in [1.165, 1.54) is 5.56 Å². The van der Waals surface area contributed by atoms with Crippen molar-refractivity contribution >= 4 is 5.91 Å². The van der Waals surface area contributed by atoms with E-state index in [0.717, 1.165) is 32.4 Å². The number of likely N-dealkylation sites (tertiary alicyclic amines) is 1. The fourth-order valence-corrected chi connectivity index (χ4v) is 3.26. The van der Waals surface area contributed by atoms with Crippen LogP contribution in [-0.2, 0) is 16.1 Å². The summed E-state index contributed by atoms with van der Waals surface area (Å²) in [6.45, 7) is 4.46. The first kappa shape index (κ1) is 14.5.